The van der Waals surface area contributed by atoms with Gasteiger partial charge in [0, 0.05) is 12.3 Å². The number of fused-ring (bicyclic) bond motifs is 1. The summed E-state index contributed by atoms with van der Waals surface area (Å²) >= 11 is 0. The van der Waals surface area contributed by atoms with Crippen LogP contribution in [0, 0.1) is 12.8 Å². The van der Waals surface area contributed by atoms with Crippen molar-refractivity contribution in [3.8, 4) is 11.4 Å². The fourth-order valence-electron chi connectivity index (χ4n) is 3.32. The molecule has 4 atom stereocenters. The maximum Gasteiger partial charge on any atom is 0.433 e. The lowest BCUT2D eigenvalue weighted by Gasteiger charge is -2.19. The van der Waals surface area contributed by atoms with E-state index in [2.05, 4.69) is 27.3 Å². The van der Waals surface area contributed by atoms with Gasteiger partial charge in [-0.1, -0.05) is 6.07 Å². The van der Waals surface area contributed by atoms with Crippen LogP contribution in [0.15, 0.2) is 36.5 Å². The molecule has 147 valence electrons. The Morgan fingerprint density at radius 3 is 2.61 bits per heavy atom. The number of alkyl halides is 3. The molecule has 3 aromatic rings. The molecule has 10 heteroatoms. The highest BCUT2D eigenvalue weighted by atomic mass is 19.4. The first kappa shape index (κ1) is 18.6. The Kier molecular flexibility index (Phi) is 4.47. The van der Waals surface area contributed by atoms with Crippen molar-refractivity contribution >= 4 is 11.5 Å². The minimum Gasteiger partial charge on any atom is -0.390 e. The van der Waals surface area contributed by atoms with Crippen LogP contribution in [-0.2, 0) is 6.18 Å². The van der Waals surface area contributed by atoms with Crippen molar-refractivity contribution in [1.82, 2.24) is 19.6 Å². The first-order valence-corrected chi connectivity index (χ1v) is 8.59. The second kappa shape index (κ2) is 6.71. The number of aliphatic hydroxyl groups excluding tert-OH is 2. The standard InChI is InChI=1S/C18H17F3N5O2/c1-9-7-12(17(28)16(9)27)24-14-5-6-22-15-8-11(25-26(14)15)10-3-2-4-13(23-10)18(19,20)21/h2-6,8-9,12,16-17,24,27-28H,1,7H2/t9-,12-,16-,17+/m1/s1. The van der Waals surface area contributed by atoms with Crippen molar-refractivity contribution in [1.29, 1.82) is 0 Å². The molecule has 0 aromatic carbocycles. The molecular weight excluding hydrogens is 375 g/mol. The quantitative estimate of drug-likeness (QED) is 0.632. The molecule has 7 nitrogen and oxygen atoms in total. The monoisotopic (exact) mass is 392 g/mol. The van der Waals surface area contributed by atoms with E-state index in [0.717, 1.165) is 6.07 Å². The summed E-state index contributed by atoms with van der Waals surface area (Å²) in [6.45, 7) is 3.81. The largest absolute Gasteiger partial charge is 0.433 e. The molecule has 0 aliphatic heterocycles. The molecule has 3 N–H and O–H groups in total. The zero-order chi connectivity index (χ0) is 20.1. The van der Waals surface area contributed by atoms with Gasteiger partial charge >= 0.3 is 6.18 Å². The lowest BCUT2D eigenvalue weighted by atomic mass is 10.1. The fraction of sp³-hybridized carbons (Fsp3) is 0.333. The van der Waals surface area contributed by atoms with Crippen LogP contribution in [-0.4, -0.2) is 48.0 Å². The summed E-state index contributed by atoms with van der Waals surface area (Å²) in [5.74, 6) is 0.167. The molecular formula is C18H17F3N5O2. The highest BCUT2D eigenvalue weighted by Gasteiger charge is 2.39. The molecule has 3 aromatic heterocycles. The van der Waals surface area contributed by atoms with Crippen molar-refractivity contribution in [3.05, 3.63) is 49.1 Å². The van der Waals surface area contributed by atoms with Gasteiger partial charge in [0.25, 0.3) is 0 Å². The average molecular weight is 392 g/mol. The molecule has 0 unspecified atom stereocenters. The molecule has 1 radical (unpaired) electrons. The number of nitrogens with one attached hydrogen (secondary N) is 1. The van der Waals surface area contributed by atoms with E-state index >= 15 is 0 Å². The number of hydrogen-bond donors (Lipinski definition) is 3. The van der Waals surface area contributed by atoms with Gasteiger partial charge < -0.3 is 15.5 Å². The highest BCUT2D eigenvalue weighted by Crippen LogP contribution is 2.31. The maximum absolute atomic E-state index is 12.9. The van der Waals surface area contributed by atoms with E-state index in [1.807, 2.05) is 0 Å². The molecule has 0 amide bonds. The predicted molar refractivity (Wildman–Crippen MR) is 94.1 cm³/mol. The summed E-state index contributed by atoms with van der Waals surface area (Å²) in [7, 11) is 0. The summed E-state index contributed by atoms with van der Waals surface area (Å²) in [4.78, 5) is 7.81. The Bertz CT molecular complexity index is 1010. The van der Waals surface area contributed by atoms with Crippen LogP contribution < -0.4 is 5.32 Å². The smallest absolute Gasteiger partial charge is 0.390 e. The molecule has 1 saturated carbocycles. The molecule has 1 aliphatic rings. The topological polar surface area (TPSA) is 95.6 Å². The molecule has 0 spiro atoms. The SMILES string of the molecule is [CH2][C@@H]1C[C@@H](Nc2ccnc3cc(-c4cccc(C(F)(F)F)n4)nn23)[C@H](O)[C@@H]1O. The second-order valence-corrected chi connectivity index (χ2v) is 6.76. The van der Waals surface area contributed by atoms with Crippen LogP contribution in [0.1, 0.15) is 12.1 Å². The second-order valence-electron chi connectivity index (χ2n) is 6.76. The third-order valence-corrected chi connectivity index (χ3v) is 4.80. The van der Waals surface area contributed by atoms with E-state index in [-0.39, 0.29) is 17.3 Å². The van der Waals surface area contributed by atoms with Gasteiger partial charge in [-0.15, -0.1) is 0 Å². The van der Waals surface area contributed by atoms with Crippen molar-refractivity contribution < 1.29 is 23.4 Å². The molecule has 1 aliphatic carbocycles. The number of hydrogen-bond acceptors (Lipinski definition) is 6. The highest BCUT2D eigenvalue weighted by molar-refractivity contribution is 5.62. The fourth-order valence-corrected chi connectivity index (χ4v) is 3.32. The lowest BCUT2D eigenvalue weighted by Crippen LogP contribution is -2.35. The van der Waals surface area contributed by atoms with Gasteiger partial charge in [0.05, 0.1) is 17.8 Å². The zero-order valence-corrected chi connectivity index (χ0v) is 14.5. The summed E-state index contributed by atoms with van der Waals surface area (Å²) < 4.78 is 40.2. The number of halogens is 3. The Balaban J connectivity index is 1.68. The van der Waals surface area contributed by atoms with Crippen LogP contribution in [0.2, 0.25) is 0 Å². The van der Waals surface area contributed by atoms with E-state index in [9.17, 15) is 23.4 Å². The van der Waals surface area contributed by atoms with Crippen molar-refractivity contribution in [2.75, 3.05) is 5.32 Å². The lowest BCUT2D eigenvalue weighted by molar-refractivity contribution is -0.141. The van der Waals surface area contributed by atoms with E-state index in [0.29, 0.717) is 17.9 Å². The number of rotatable bonds is 3. The van der Waals surface area contributed by atoms with Crippen LogP contribution in [0.25, 0.3) is 17.0 Å². The maximum atomic E-state index is 12.9. The minimum absolute atomic E-state index is 0.0698. The first-order chi connectivity index (χ1) is 13.2. The summed E-state index contributed by atoms with van der Waals surface area (Å²) in [6, 6.07) is 6.31. The van der Waals surface area contributed by atoms with Gasteiger partial charge in [-0.25, -0.2) is 9.97 Å². The molecule has 0 saturated heterocycles. The summed E-state index contributed by atoms with van der Waals surface area (Å²) in [6.07, 6.45) is -4.51. The zero-order valence-electron chi connectivity index (χ0n) is 14.5. The van der Waals surface area contributed by atoms with Crippen molar-refractivity contribution in [2.24, 2.45) is 5.92 Å². The van der Waals surface area contributed by atoms with Crippen LogP contribution >= 0.6 is 0 Å². The third-order valence-electron chi connectivity index (χ3n) is 4.80. The molecule has 28 heavy (non-hydrogen) atoms. The van der Waals surface area contributed by atoms with Gasteiger partial charge in [-0.2, -0.15) is 22.8 Å². The van der Waals surface area contributed by atoms with Gasteiger partial charge in [-0.3, -0.25) is 0 Å². The first-order valence-electron chi connectivity index (χ1n) is 8.59. The normalized spacial score (nSPS) is 25.4. The molecule has 3 heterocycles. The number of nitrogens with zero attached hydrogens (tertiary/aromatic N) is 4. The van der Waals surface area contributed by atoms with Crippen molar-refractivity contribution in [2.45, 2.75) is 30.8 Å². The molecule has 1 fully saturated rings. The van der Waals surface area contributed by atoms with Crippen LogP contribution in [0.5, 0.6) is 0 Å². The molecule has 0 bridgehead atoms. The molecule has 4 rings (SSSR count). The Morgan fingerprint density at radius 1 is 1.14 bits per heavy atom. The van der Waals surface area contributed by atoms with Crippen LogP contribution in [0.4, 0.5) is 19.0 Å². The third kappa shape index (κ3) is 3.29. The van der Waals surface area contributed by atoms with E-state index in [4.69, 9.17) is 0 Å². The van der Waals surface area contributed by atoms with E-state index in [1.54, 1.807) is 6.07 Å². The van der Waals surface area contributed by atoms with E-state index < -0.39 is 30.1 Å². The van der Waals surface area contributed by atoms with Gasteiger partial charge in [-0.05, 0) is 37.5 Å². The number of anilines is 1. The summed E-state index contributed by atoms with van der Waals surface area (Å²) in [5, 5.41) is 27.4. The Morgan fingerprint density at radius 2 is 1.93 bits per heavy atom. The van der Waals surface area contributed by atoms with Gasteiger partial charge in [0.2, 0.25) is 0 Å². The summed E-state index contributed by atoms with van der Waals surface area (Å²) in [5.41, 5.74) is -0.299. The predicted octanol–water partition coefficient (Wildman–Crippen LogP) is 2.17. The van der Waals surface area contributed by atoms with Crippen molar-refractivity contribution in [3.63, 3.8) is 0 Å². The number of aliphatic hydroxyl groups is 2. The van der Waals surface area contributed by atoms with Gasteiger partial charge in [0.15, 0.2) is 5.65 Å². The number of pyridine rings is 1. The Hall–Kier alpha value is -2.72. The average Bonchev–Trinajstić information content (AvgIpc) is 3.19. The van der Waals surface area contributed by atoms with E-state index in [1.165, 1.54) is 28.9 Å². The number of aromatic nitrogens is 4. The Labute approximate surface area is 157 Å². The van der Waals surface area contributed by atoms with Crippen LogP contribution in [0.3, 0.4) is 0 Å². The van der Waals surface area contributed by atoms with Gasteiger partial charge in [0.1, 0.15) is 23.3 Å². The minimum atomic E-state index is -4.55.